The molecule has 2 aromatic rings. The van der Waals surface area contributed by atoms with Gasteiger partial charge in [-0.3, -0.25) is 4.79 Å². The highest BCUT2D eigenvalue weighted by Crippen LogP contribution is 2.29. The van der Waals surface area contributed by atoms with E-state index in [1.54, 1.807) is 0 Å². The summed E-state index contributed by atoms with van der Waals surface area (Å²) in [7, 11) is 0. The summed E-state index contributed by atoms with van der Waals surface area (Å²) < 4.78 is 5.18. The van der Waals surface area contributed by atoms with E-state index < -0.39 is 0 Å². The summed E-state index contributed by atoms with van der Waals surface area (Å²) in [5.74, 6) is 0.123. The van der Waals surface area contributed by atoms with Crippen LogP contribution in [0.1, 0.15) is 35.1 Å². The van der Waals surface area contributed by atoms with Gasteiger partial charge < -0.3 is 4.74 Å². The number of carbonyl (C=O) groups excluding carboxylic acids is 1. The predicted octanol–water partition coefficient (Wildman–Crippen LogP) is 4.75. The molecule has 0 heterocycles. The minimum atomic E-state index is -0.0499. The van der Waals surface area contributed by atoms with Crippen molar-refractivity contribution in [2.45, 2.75) is 32.6 Å². The Bertz CT molecular complexity index is 692. The Hall–Kier alpha value is -2.35. The van der Waals surface area contributed by atoms with E-state index in [4.69, 9.17) is 4.74 Å². The molecule has 0 radical (unpaired) electrons. The molecule has 0 spiro atoms. The second-order valence-corrected chi connectivity index (χ2v) is 6.53. The Morgan fingerprint density at radius 1 is 1.00 bits per heavy atom. The third-order valence-corrected chi connectivity index (χ3v) is 4.35. The molecule has 0 atom stereocenters. The van der Waals surface area contributed by atoms with Crippen LogP contribution in [0.25, 0.3) is 6.08 Å². The zero-order valence-corrected chi connectivity index (χ0v) is 14.2. The molecule has 24 heavy (non-hydrogen) atoms. The minimum Gasteiger partial charge on any atom is -0.461 e. The highest BCUT2D eigenvalue weighted by Gasteiger charge is 2.30. The van der Waals surface area contributed by atoms with E-state index in [2.05, 4.69) is 55.5 Å². The molecule has 1 saturated carbocycles. The van der Waals surface area contributed by atoms with Crippen molar-refractivity contribution >= 4 is 12.0 Å². The maximum absolute atomic E-state index is 11.4. The largest absolute Gasteiger partial charge is 0.461 e. The van der Waals surface area contributed by atoms with Crippen LogP contribution in [-0.4, -0.2) is 12.6 Å². The zero-order valence-electron chi connectivity index (χ0n) is 14.2. The number of hydrogen-bond acceptors (Lipinski definition) is 2. The van der Waals surface area contributed by atoms with E-state index in [1.807, 2.05) is 12.2 Å². The molecule has 0 aromatic heterocycles. The molecule has 0 bridgehead atoms. The van der Waals surface area contributed by atoms with Gasteiger partial charge in [0.2, 0.25) is 0 Å². The molecule has 2 aromatic carbocycles. The molecule has 0 saturated heterocycles. The molecular weight excluding hydrogens is 296 g/mol. The molecule has 0 N–H and O–H groups in total. The van der Waals surface area contributed by atoms with Gasteiger partial charge in [0.15, 0.2) is 0 Å². The average Bonchev–Trinajstić information content (AvgIpc) is 3.44. The number of carbonyl (C=O) groups is 1. The Labute approximate surface area is 144 Å². The number of ether oxygens (including phenoxy) is 1. The van der Waals surface area contributed by atoms with E-state index in [9.17, 15) is 4.79 Å². The first-order chi connectivity index (χ1) is 11.7. The number of rotatable bonds is 7. The molecule has 2 heteroatoms. The first-order valence-electron chi connectivity index (χ1n) is 8.68. The van der Waals surface area contributed by atoms with E-state index >= 15 is 0 Å². The lowest BCUT2D eigenvalue weighted by atomic mass is 10.0. The van der Waals surface area contributed by atoms with Crippen LogP contribution in [0.15, 0.2) is 54.6 Å². The fourth-order valence-corrected chi connectivity index (χ4v) is 2.59. The van der Waals surface area contributed by atoms with Crippen molar-refractivity contribution < 1.29 is 9.53 Å². The van der Waals surface area contributed by atoms with E-state index in [0.717, 1.165) is 31.2 Å². The van der Waals surface area contributed by atoms with Crippen molar-refractivity contribution in [2.24, 2.45) is 5.92 Å². The lowest BCUT2D eigenvalue weighted by molar-refractivity contribution is -0.143. The maximum Gasteiger partial charge on any atom is 0.309 e. The zero-order chi connectivity index (χ0) is 16.8. The van der Waals surface area contributed by atoms with Crippen LogP contribution in [0, 0.1) is 12.8 Å². The molecule has 124 valence electrons. The Balaban J connectivity index is 1.44. The number of hydrogen-bond donors (Lipinski definition) is 0. The molecule has 3 rings (SSSR count). The minimum absolute atomic E-state index is 0.0499. The fourth-order valence-electron chi connectivity index (χ4n) is 2.59. The van der Waals surface area contributed by atoms with Gasteiger partial charge in [-0.05, 0) is 55.4 Å². The summed E-state index contributed by atoms with van der Waals surface area (Å²) in [5.41, 5.74) is 5.16. The topological polar surface area (TPSA) is 26.3 Å². The summed E-state index contributed by atoms with van der Waals surface area (Å²) >= 11 is 0. The van der Waals surface area contributed by atoms with Gasteiger partial charge in [-0.2, -0.15) is 0 Å². The number of benzene rings is 2. The number of esters is 1. The van der Waals surface area contributed by atoms with E-state index in [0.29, 0.717) is 6.61 Å². The number of aryl methyl sites for hydroxylation is 3. The van der Waals surface area contributed by atoms with Crippen LogP contribution in [0.3, 0.4) is 0 Å². The van der Waals surface area contributed by atoms with Crippen molar-refractivity contribution in [3.63, 3.8) is 0 Å². The van der Waals surface area contributed by atoms with Crippen LogP contribution >= 0.6 is 0 Å². The second-order valence-electron chi connectivity index (χ2n) is 6.53. The van der Waals surface area contributed by atoms with Crippen molar-refractivity contribution in [3.8, 4) is 0 Å². The van der Waals surface area contributed by atoms with Crippen LogP contribution in [0.2, 0.25) is 0 Å². The van der Waals surface area contributed by atoms with Gasteiger partial charge in [-0.1, -0.05) is 60.2 Å². The van der Waals surface area contributed by atoms with Crippen molar-refractivity contribution in [3.05, 3.63) is 76.9 Å². The third kappa shape index (κ3) is 5.09. The highest BCUT2D eigenvalue weighted by molar-refractivity contribution is 5.75. The van der Waals surface area contributed by atoms with Crippen molar-refractivity contribution in [1.82, 2.24) is 0 Å². The Morgan fingerprint density at radius 3 is 2.17 bits per heavy atom. The summed E-state index contributed by atoms with van der Waals surface area (Å²) in [4.78, 5) is 11.4. The normalized spacial score (nSPS) is 14.0. The molecule has 1 fully saturated rings. The highest BCUT2D eigenvalue weighted by atomic mass is 16.5. The lowest BCUT2D eigenvalue weighted by Crippen LogP contribution is -2.05. The lowest BCUT2D eigenvalue weighted by Gasteiger charge is -2.04. The first kappa shape index (κ1) is 16.5. The van der Waals surface area contributed by atoms with Gasteiger partial charge in [0.1, 0.15) is 6.61 Å². The quantitative estimate of drug-likeness (QED) is 0.688. The molecule has 1 aliphatic carbocycles. The molecule has 0 amide bonds. The van der Waals surface area contributed by atoms with Crippen LogP contribution in [-0.2, 0) is 22.4 Å². The van der Waals surface area contributed by atoms with Gasteiger partial charge >= 0.3 is 5.97 Å². The standard InChI is InChI=1S/C22H24O2/c1-17-4-6-19(7-5-17)12-13-20-10-8-18(9-11-20)3-2-16-24-22(23)21-14-15-21/h2-11,21H,12-16H2,1H3/b3-2+. The van der Waals surface area contributed by atoms with Gasteiger partial charge in [0.05, 0.1) is 5.92 Å². The van der Waals surface area contributed by atoms with Crippen LogP contribution in [0.5, 0.6) is 0 Å². The molecule has 2 nitrogen and oxygen atoms in total. The van der Waals surface area contributed by atoms with E-state index in [-0.39, 0.29) is 11.9 Å². The van der Waals surface area contributed by atoms with Crippen molar-refractivity contribution in [1.29, 1.82) is 0 Å². The maximum atomic E-state index is 11.4. The van der Waals surface area contributed by atoms with Crippen molar-refractivity contribution in [2.75, 3.05) is 6.61 Å². The average molecular weight is 320 g/mol. The Morgan fingerprint density at radius 2 is 1.58 bits per heavy atom. The van der Waals surface area contributed by atoms with Crippen LogP contribution < -0.4 is 0 Å². The summed E-state index contributed by atoms with van der Waals surface area (Å²) in [6.45, 7) is 2.48. The third-order valence-electron chi connectivity index (χ3n) is 4.35. The molecule has 0 aliphatic heterocycles. The predicted molar refractivity (Wildman–Crippen MR) is 97.7 cm³/mol. The molecule has 1 aliphatic rings. The van der Waals surface area contributed by atoms with Gasteiger partial charge in [0.25, 0.3) is 0 Å². The first-order valence-corrected chi connectivity index (χ1v) is 8.68. The SMILES string of the molecule is Cc1ccc(CCc2ccc(/C=C/COC(=O)C3CC3)cc2)cc1. The summed E-state index contributed by atoms with van der Waals surface area (Å²) in [6.07, 6.45) is 8.00. The Kier molecular flexibility index (Phi) is 5.47. The molecule has 0 unspecified atom stereocenters. The summed E-state index contributed by atoms with van der Waals surface area (Å²) in [6, 6.07) is 17.3. The van der Waals surface area contributed by atoms with E-state index in [1.165, 1.54) is 16.7 Å². The van der Waals surface area contributed by atoms with Gasteiger partial charge in [-0.25, -0.2) is 0 Å². The molecular formula is C22H24O2. The monoisotopic (exact) mass is 320 g/mol. The summed E-state index contributed by atoms with van der Waals surface area (Å²) in [5, 5.41) is 0. The second kappa shape index (κ2) is 7.96. The van der Waals surface area contributed by atoms with Crippen LogP contribution in [0.4, 0.5) is 0 Å². The fraction of sp³-hybridized carbons (Fsp3) is 0.318. The van der Waals surface area contributed by atoms with Gasteiger partial charge in [-0.15, -0.1) is 0 Å². The smallest absolute Gasteiger partial charge is 0.309 e. The van der Waals surface area contributed by atoms with Gasteiger partial charge in [0, 0.05) is 0 Å².